The summed E-state index contributed by atoms with van der Waals surface area (Å²) in [5, 5.41) is 4.38. The molecule has 2 aromatic heterocycles. The van der Waals surface area contributed by atoms with Crippen LogP contribution in [-0.4, -0.2) is 67.2 Å². The number of fused-ring (bicyclic) bond motifs is 1. The van der Waals surface area contributed by atoms with Gasteiger partial charge in [-0.05, 0) is 57.2 Å². The van der Waals surface area contributed by atoms with Gasteiger partial charge in [0.1, 0.15) is 23.9 Å². The van der Waals surface area contributed by atoms with Crippen LogP contribution in [0.15, 0.2) is 42.6 Å². The first-order chi connectivity index (χ1) is 16.5. The maximum absolute atomic E-state index is 12.1. The topological polar surface area (TPSA) is 99.8 Å². The number of esters is 1. The van der Waals surface area contributed by atoms with Gasteiger partial charge in [0.15, 0.2) is 12.4 Å². The molecule has 3 heterocycles. The fraction of sp³-hybridized carbons (Fsp3) is 0.400. The summed E-state index contributed by atoms with van der Waals surface area (Å²) in [5.74, 6) is 1.92. The van der Waals surface area contributed by atoms with Crippen molar-refractivity contribution in [2.45, 2.75) is 32.9 Å². The maximum atomic E-state index is 12.1. The fourth-order valence-electron chi connectivity index (χ4n) is 4.18. The number of rotatable bonds is 9. The quantitative estimate of drug-likeness (QED) is 0.367. The number of carbonyl (C=O) groups is 2. The van der Waals surface area contributed by atoms with E-state index in [9.17, 15) is 9.59 Å². The zero-order valence-electron chi connectivity index (χ0n) is 19.8. The Balaban J connectivity index is 1.49. The molecule has 1 aliphatic rings. The molecule has 0 bridgehead atoms. The summed E-state index contributed by atoms with van der Waals surface area (Å²) in [5.41, 5.74) is 1.90. The Morgan fingerprint density at radius 1 is 1.29 bits per heavy atom. The molecule has 1 saturated heterocycles. The van der Waals surface area contributed by atoms with Crippen molar-refractivity contribution >= 4 is 40.5 Å². The molecule has 0 amide bonds. The van der Waals surface area contributed by atoms with E-state index in [2.05, 4.69) is 38.9 Å². The molecule has 34 heavy (non-hydrogen) atoms. The predicted octanol–water partition coefficient (Wildman–Crippen LogP) is 3.22. The molecule has 4 rings (SSSR count). The predicted molar refractivity (Wildman–Crippen MR) is 133 cm³/mol. The number of piperazine rings is 1. The highest BCUT2D eigenvalue weighted by molar-refractivity contribution is 5.86. The lowest BCUT2D eigenvalue weighted by molar-refractivity contribution is -0.145. The number of hydrogen-bond acceptors (Lipinski definition) is 8. The highest BCUT2D eigenvalue weighted by Crippen LogP contribution is 2.30. The van der Waals surface area contributed by atoms with Gasteiger partial charge in [0.25, 0.3) is 0 Å². The number of ether oxygens (including phenoxy) is 2. The van der Waals surface area contributed by atoms with Gasteiger partial charge in [-0.1, -0.05) is 0 Å². The molecule has 9 nitrogen and oxygen atoms in total. The lowest BCUT2D eigenvalue weighted by Gasteiger charge is -2.40. The summed E-state index contributed by atoms with van der Waals surface area (Å²) < 4.78 is 10.5. The van der Waals surface area contributed by atoms with Crippen molar-refractivity contribution in [1.29, 1.82) is 0 Å². The molecule has 1 aliphatic heterocycles. The summed E-state index contributed by atoms with van der Waals surface area (Å²) in [6.07, 6.45) is 2.77. The number of carbonyl (C=O) groups excluding carboxylic acids is 2. The van der Waals surface area contributed by atoms with E-state index < -0.39 is 5.97 Å². The molecule has 3 aromatic rings. The lowest BCUT2D eigenvalue weighted by Crippen LogP contribution is -2.54. The van der Waals surface area contributed by atoms with Gasteiger partial charge >= 0.3 is 5.97 Å². The van der Waals surface area contributed by atoms with Crippen LogP contribution >= 0.6 is 0 Å². The van der Waals surface area contributed by atoms with E-state index >= 15 is 0 Å². The van der Waals surface area contributed by atoms with Crippen molar-refractivity contribution in [3.8, 4) is 5.75 Å². The molecular formula is C25H31N5O4. The van der Waals surface area contributed by atoms with E-state index in [1.54, 1.807) is 19.2 Å². The Morgan fingerprint density at radius 3 is 2.91 bits per heavy atom. The maximum Gasteiger partial charge on any atom is 0.344 e. The second-order valence-electron chi connectivity index (χ2n) is 8.51. The Bertz CT molecular complexity index is 1150. The summed E-state index contributed by atoms with van der Waals surface area (Å²) in [4.78, 5) is 35.9. The first kappa shape index (κ1) is 23.4. The Labute approximate surface area is 199 Å². The third kappa shape index (κ3) is 5.24. The number of benzene rings is 1. The standard InChI is InChI=1S/C25H31N5O4/c1-4-33-24(32)16-34-20-7-8-21-18(12-20)13-23(28-21)30-11-10-29(14-19(30)15-31)25-22(27-17(2)3)6-5-9-26-25/h5-9,12-13,15,17,19,27-28H,4,10-11,14,16H2,1-3H3. The van der Waals surface area contributed by atoms with Crippen LogP contribution in [0.1, 0.15) is 20.8 Å². The second-order valence-corrected chi connectivity index (χ2v) is 8.51. The van der Waals surface area contributed by atoms with Crippen LogP contribution in [0.5, 0.6) is 5.75 Å². The van der Waals surface area contributed by atoms with Gasteiger partial charge in [-0.25, -0.2) is 9.78 Å². The van der Waals surface area contributed by atoms with Crippen LogP contribution < -0.4 is 19.9 Å². The Hall–Kier alpha value is -3.75. The summed E-state index contributed by atoms with van der Waals surface area (Å²) in [7, 11) is 0. The van der Waals surface area contributed by atoms with Crippen molar-refractivity contribution in [3.05, 3.63) is 42.6 Å². The van der Waals surface area contributed by atoms with Crippen LogP contribution in [0.3, 0.4) is 0 Å². The molecule has 0 aliphatic carbocycles. The molecule has 1 fully saturated rings. The van der Waals surface area contributed by atoms with Gasteiger partial charge in [0, 0.05) is 42.8 Å². The molecular weight excluding hydrogens is 434 g/mol. The SMILES string of the molecule is CCOC(=O)COc1ccc2[nH]c(N3CCN(c4ncccc4NC(C)C)CC3C=O)cc2c1. The average molecular weight is 466 g/mol. The number of hydrogen-bond donors (Lipinski definition) is 2. The molecule has 9 heteroatoms. The molecule has 1 unspecified atom stereocenters. The van der Waals surface area contributed by atoms with Gasteiger partial charge in [0.05, 0.1) is 12.3 Å². The number of aromatic nitrogens is 2. The van der Waals surface area contributed by atoms with Gasteiger partial charge in [-0.2, -0.15) is 0 Å². The fourth-order valence-corrected chi connectivity index (χ4v) is 4.18. The first-order valence-corrected chi connectivity index (χ1v) is 11.6. The minimum Gasteiger partial charge on any atom is -0.482 e. The monoisotopic (exact) mass is 465 g/mol. The smallest absolute Gasteiger partial charge is 0.344 e. The van der Waals surface area contributed by atoms with Crippen molar-refractivity contribution in [2.75, 3.05) is 48.0 Å². The first-order valence-electron chi connectivity index (χ1n) is 11.6. The highest BCUT2D eigenvalue weighted by Gasteiger charge is 2.29. The van der Waals surface area contributed by atoms with E-state index in [4.69, 9.17) is 9.47 Å². The van der Waals surface area contributed by atoms with E-state index in [1.165, 1.54) is 0 Å². The van der Waals surface area contributed by atoms with Gasteiger partial charge in [-0.3, -0.25) is 0 Å². The van der Waals surface area contributed by atoms with E-state index in [0.717, 1.165) is 41.1 Å². The number of nitrogens with zero attached hydrogens (tertiary/aromatic N) is 3. The van der Waals surface area contributed by atoms with Crippen LogP contribution in [-0.2, 0) is 14.3 Å². The Morgan fingerprint density at radius 2 is 2.15 bits per heavy atom. The van der Waals surface area contributed by atoms with Gasteiger partial charge in [-0.15, -0.1) is 0 Å². The van der Waals surface area contributed by atoms with Crippen molar-refractivity contribution in [1.82, 2.24) is 9.97 Å². The number of aromatic amines is 1. The second kappa shape index (κ2) is 10.5. The number of H-pyrrole nitrogens is 1. The number of pyridine rings is 1. The minimum atomic E-state index is -0.399. The van der Waals surface area contributed by atoms with E-state index in [0.29, 0.717) is 25.4 Å². The average Bonchev–Trinajstić information content (AvgIpc) is 3.26. The van der Waals surface area contributed by atoms with Crippen LogP contribution in [0.2, 0.25) is 0 Å². The van der Waals surface area contributed by atoms with E-state index in [1.807, 2.05) is 30.3 Å². The largest absolute Gasteiger partial charge is 0.482 e. The summed E-state index contributed by atoms with van der Waals surface area (Å²) in [6, 6.07) is 11.5. The third-order valence-corrected chi connectivity index (χ3v) is 5.66. The molecule has 2 N–H and O–H groups in total. The van der Waals surface area contributed by atoms with Gasteiger partial charge < -0.3 is 34.4 Å². The lowest BCUT2D eigenvalue weighted by atomic mass is 10.1. The van der Waals surface area contributed by atoms with Crippen molar-refractivity contribution in [2.24, 2.45) is 0 Å². The van der Waals surface area contributed by atoms with Crippen LogP contribution in [0, 0.1) is 0 Å². The molecule has 1 aromatic carbocycles. The molecule has 1 atom stereocenters. The summed E-state index contributed by atoms with van der Waals surface area (Å²) in [6.45, 7) is 8.07. The zero-order valence-corrected chi connectivity index (χ0v) is 19.8. The number of aldehydes is 1. The van der Waals surface area contributed by atoms with Crippen molar-refractivity contribution < 1.29 is 19.1 Å². The molecule has 180 valence electrons. The zero-order chi connectivity index (χ0) is 24.1. The van der Waals surface area contributed by atoms with Crippen molar-refractivity contribution in [3.63, 3.8) is 0 Å². The normalized spacial score (nSPS) is 16.1. The Kier molecular flexibility index (Phi) is 7.20. The number of nitrogens with one attached hydrogen (secondary N) is 2. The molecule has 0 saturated carbocycles. The van der Waals surface area contributed by atoms with Crippen LogP contribution in [0.4, 0.5) is 17.3 Å². The molecule has 0 spiro atoms. The molecule has 0 radical (unpaired) electrons. The van der Waals surface area contributed by atoms with Gasteiger partial charge in [0.2, 0.25) is 0 Å². The van der Waals surface area contributed by atoms with E-state index in [-0.39, 0.29) is 18.7 Å². The van der Waals surface area contributed by atoms with Crippen LogP contribution in [0.25, 0.3) is 10.9 Å². The summed E-state index contributed by atoms with van der Waals surface area (Å²) >= 11 is 0. The third-order valence-electron chi connectivity index (χ3n) is 5.66. The number of anilines is 3. The highest BCUT2D eigenvalue weighted by atomic mass is 16.6. The minimum absolute atomic E-state index is 0.132.